The average molecular weight is 200 g/mol. The van der Waals surface area contributed by atoms with Crippen LogP contribution in [-0.4, -0.2) is 17.3 Å². The number of nitrogens with two attached hydrogens (primary N) is 1. The lowest BCUT2D eigenvalue weighted by Crippen LogP contribution is -2.01. The molecule has 0 aromatic carbocycles. The van der Waals surface area contributed by atoms with Crippen molar-refractivity contribution in [2.24, 2.45) is 5.73 Å². The molecule has 0 bridgehead atoms. The Balaban J connectivity index is 2.46. The van der Waals surface area contributed by atoms with Crippen molar-refractivity contribution in [2.75, 3.05) is 12.3 Å². The molecule has 0 aliphatic carbocycles. The topological polar surface area (TPSA) is 38.9 Å². The van der Waals surface area contributed by atoms with Crippen molar-refractivity contribution in [3.63, 3.8) is 0 Å². The zero-order valence-corrected chi connectivity index (χ0v) is 8.44. The van der Waals surface area contributed by atoms with Crippen LogP contribution in [0.5, 0.6) is 0 Å². The maximum atomic E-state index is 5.37. The molecule has 0 fully saturated rings. The first-order chi connectivity index (χ1) is 5.84. The van der Waals surface area contributed by atoms with E-state index < -0.39 is 0 Å². The van der Waals surface area contributed by atoms with Gasteiger partial charge in [0.15, 0.2) is 0 Å². The van der Waals surface area contributed by atoms with Gasteiger partial charge in [0, 0.05) is 29.1 Å². The van der Waals surface area contributed by atoms with Crippen molar-refractivity contribution in [1.82, 2.24) is 4.98 Å². The number of aromatic nitrogens is 1. The minimum Gasteiger partial charge on any atom is -0.330 e. The summed E-state index contributed by atoms with van der Waals surface area (Å²) >= 11 is 6.08. The van der Waals surface area contributed by atoms with Gasteiger partial charge in [-0.3, -0.25) is 4.98 Å². The molecular formula is C8H12N2S2. The van der Waals surface area contributed by atoms with E-state index in [-0.39, 0.29) is 0 Å². The Labute approximate surface area is 82.4 Å². The standard InChI is InChI=1S/C8H12N2S2/c9-3-5-12-6-7-8(11)2-1-4-10-7/h1-2,4,11H,3,5-6,9H2. The van der Waals surface area contributed by atoms with Gasteiger partial charge in [-0.25, -0.2) is 0 Å². The molecule has 0 aliphatic rings. The molecule has 0 amide bonds. The first kappa shape index (κ1) is 9.89. The Morgan fingerprint density at radius 3 is 3.08 bits per heavy atom. The van der Waals surface area contributed by atoms with Gasteiger partial charge < -0.3 is 5.73 Å². The molecule has 1 aromatic rings. The van der Waals surface area contributed by atoms with E-state index in [2.05, 4.69) is 17.6 Å². The number of nitrogens with zero attached hydrogens (tertiary/aromatic N) is 1. The normalized spacial score (nSPS) is 10.2. The fourth-order valence-electron chi connectivity index (χ4n) is 0.793. The molecule has 1 aromatic heterocycles. The van der Waals surface area contributed by atoms with Gasteiger partial charge in [0.05, 0.1) is 5.69 Å². The van der Waals surface area contributed by atoms with Gasteiger partial charge in [0.25, 0.3) is 0 Å². The number of hydrogen-bond donors (Lipinski definition) is 2. The zero-order valence-electron chi connectivity index (χ0n) is 6.73. The molecule has 2 nitrogen and oxygen atoms in total. The summed E-state index contributed by atoms with van der Waals surface area (Å²) in [5.41, 5.74) is 6.41. The number of hydrogen-bond acceptors (Lipinski definition) is 4. The quantitative estimate of drug-likeness (QED) is 0.572. The predicted molar refractivity (Wildman–Crippen MR) is 56.7 cm³/mol. The number of rotatable bonds is 4. The third kappa shape index (κ3) is 3.05. The highest BCUT2D eigenvalue weighted by atomic mass is 32.2. The molecule has 0 unspecified atom stereocenters. The first-order valence-corrected chi connectivity index (χ1v) is 5.35. The van der Waals surface area contributed by atoms with Gasteiger partial charge in [-0.15, -0.1) is 12.6 Å². The molecule has 66 valence electrons. The number of thiol groups is 1. The van der Waals surface area contributed by atoms with Gasteiger partial charge in [-0.05, 0) is 12.1 Å². The van der Waals surface area contributed by atoms with Gasteiger partial charge in [0.2, 0.25) is 0 Å². The predicted octanol–water partition coefficient (Wildman–Crippen LogP) is 1.56. The fourth-order valence-corrected chi connectivity index (χ4v) is 1.86. The SMILES string of the molecule is NCCSCc1ncccc1S. The minimum absolute atomic E-state index is 0.722. The van der Waals surface area contributed by atoms with Crippen LogP contribution in [0.1, 0.15) is 5.69 Å². The van der Waals surface area contributed by atoms with E-state index in [1.807, 2.05) is 12.1 Å². The van der Waals surface area contributed by atoms with Gasteiger partial charge in [0.1, 0.15) is 0 Å². The van der Waals surface area contributed by atoms with Crippen LogP contribution in [-0.2, 0) is 5.75 Å². The summed E-state index contributed by atoms with van der Waals surface area (Å²) in [5, 5.41) is 0. The van der Waals surface area contributed by atoms with Crippen molar-refractivity contribution in [3.8, 4) is 0 Å². The largest absolute Gasteiger partial charge is 0.330 e. The monoisotopic (exact) mass is 200 g/mol. The van der Waals surface area contributed by atoms with E-state index in [9.17, 15) is 0 Å². The third-order valence-electron chi connectivity index (χ3n) is 1.37. The van der Waals surface area contributed by atoms with E-state index in [1.54, 1.807) is 18.0 Å². The molecule has 4 heteroatoms. The summed E-state index contributed by atoms with van der Waals surface area (Å²) in [5.74, 6) is 1.88. The molecular weight excluding hydrogens is 188 g/mol. The Bertz CT molecular complexity index is 240. The van der Waals surface area contributed by atoms with Crippen molar-refractivity contribution >= 4 is 24.4 Å². The van der Waals surface area contributed by atoms with E-state index in [0.29, 0.717) is 0 Å². The first-order valence-electron chi connectivity index (χ1n) is 3.75. The van der Waals surface area contributed by atoms with Crippen LogP contribution in [0.25, 0.3) is 0 Å². The summed E-state index contributed by atoms with van der Waals surface area (Å²) < 4.78 is 0. The molecule has 0 aliphatic heterocycles. The summed E-state index contributed by atoms with van der Waals surface area (Å²) in [4.78, 5) is 5.17. The Kier molecular flexibility index (Phi) is 4.50. The van der Waals surface area contributed by atoms with E-state index >= 15 is 0 Å². The van der Waals surface area contributed by atoms with Crippen LogP contribution in [0.3, 0.4) is 0 Å². The molecule has 1 rings (SSSR count). The molecule has 0 spiro atoms. The summed E-state index contributed by atoms with van der Waals surface area (Å²) in [6.07, 6.45) is 1.79. The second-order valence-corrected chi connectivity index (χ2v) is 3.90. The van der Waals surface area contributed by atoms with Crippen LogP contribution >= 0.6 is 24.4 Å². The minimum atomic E-state index is 0.722. The molecule has 0 saturated heterocycles. The van der Waals surface area contributed by atoms with Crippen LogP contribution in [0.4, 0.5) is 0 Å². The maximum Gasteiger partial charge on any atom is 0.0635 e. The fraction of sp³-hybridized carbons (Fsp3) is 0.375. The van der Waals surface area contributed by atoms with Crippen molar-refractivity contribution in [3.05, 3.63) is 24.0 Å². The Hall–Kier alpha value is -0.190. The van der Waals surface area contributed by atoms with Crippen LogP contribution in [0, 0.1) is 0 Å². The Morgan fingerprint density at radius 2 is 2.42 bits per heavy atom. The smallest absolute Gasteiger partial charge is 0.0635 e. The highest BCUT2D eigenvalue weighted by molar-refractivity contribution is 7.98. The van der Waals surface area contributed by atoms with E-state index in [1.165, 1.54) is 0 Å². The van der Waals surface area contributed by atoms with Crippen LogP contribution in [0.15, 0.2) is 23.2 Å². The second kappa shape index (κ2) is 5.45. The lowest BCUT2D eigenvalue weighted by Gasteiger charge is -2.01. The third-order valence-corrected chi connectivity index (χ3v) is 2.78. The van der Waals surface area contributed by atoms with Crippen molar-refractivity contribution in [2.45, 2.75) is 10.6 Å². The van der Waals surface area contributed by atoms with Gasteiger partial charge in [-0.2, -0.15) is 11.8 Å². The molecule has 2 N–H and O–H groups in total. The summed E-state index contributed by atoms with van der Waals surface area (Å²) in [6, 6.07) is 3.84. The van der Waals surface area contributed by atoms with Crippen LogP contribution < -0.4 is 5.73 Å². The molecule has 0 radical (unpaired) electrons. The zero-order chi connectivity index (χ0) is 8.81. The van der Waals surface area contributed by atoms with Gasteiger partial charge >= 0.3 is 0 Å². The van der Waals surface area contributed by atoms with Crippen molar-refractivity contribution < 1.29 is 0 Å². The number of thioether (sulfide) groups is 1. The maximum absolute atomic E-state index is 5.37. The van der Waals surface area contributed by atoms with E-state index in [4.69, 9.17) is 5.73 Å². The molecule has 1 heterocycles. The molecule has 0 atom stereocenters. The summed E-state index contributed by atoms with van der Waals surface area (Å²) in [7, 11) is 0. The Morgan fingerprint density at radius 1 is 1.58 bits per heavy atom. The second-order valence-electron chi connectivity index (χ2n) is 2.31. The van der Waals surface area contributed by atoms with Gasteiger partial charge in [-0.1, -0.05) is 0 Å². The van der Waals surface area contributed by atoms with E-state index in [0.717, 1.165) is 28.6 Å². The van der Waals surface area contributed by atoms with Crippen molar-refractivity contribution in [1.29, 1.82) is 0 Å². The lowest BCUT2D eigenvalue weighted by atomic mass is 10.4. The molecule has 12 heavy (non-hydrogen) atoms. The average Bonchev–Trinajstić information content (AvgIpc) is 2.09. The van der Waals surface area contributed by atoms with Crippen LogP contribution in [0.2, 0.25) is 0 Å². The highest BCUT2D eigenvalue weighted by Crippen LogP contribution is 2.16. The summed E-state index contributed by atoms with van der Waals surface area (Å²) in [6.45, 7) is 0.722. The number of pyridine rings is 1. The molecule has 0 saturated carbocycles. The highest BCUT2D eigenvalue weighted by Gasteiger charge is 1.97. The lowest BCUT2D eigenvalue weighted by molar-refractivity contribution is 1.09.